The second kappa shape index (κ2) is 7.25. The summed E-state index contributed by atoms with van der Waals surface area (Å²) in [6.45, 7) is 2.28. The zero-order valence-electron chi connectivity index (χ0n) is 11.8. The lowest BCUT2D eigenvalue weighted by molar-refractivity contribution is -0.121. The maximum Gasteiger partial charge on any atom is 0.235 e. The molecule has 0 bridgehead atoms. The van der Waals surface area contributed by atoms with E-state index in [1.165, 1.54) is 7.05 Å². The van der Waals surface area contributed by atoms with Gasteiger partial charge >= 0.3 is 0 Å². The fraction of sp³-hybridized carbons (Fsp3) is 0.462. The Bertz CT molecular complexity index is 558. The predicted octanol–water partition coefficient (Wildman–Crippen LogP) is 0.557. The third-order valence-electron chi connectivity index (χ3n) is 2.81. The van der Waals surface area contributed by atoms with Crippen molar-refractivity contribution in [2.24, 2.45) is 0 Å². The molecule has 0 saturated carbocycles. The lowest BCUT2D eigenvalue weighted by Gasteiger charge is -2.17. The van der Waals surface area contributed by atoms with Gasteiger partial charge in [-0.3, -0.25) is 4.79 Å². The summed E-state index contributed by atoms with van der Waals surface area (Å²) < 4.78 is 25.3. The van der Waals surface area contributed by atoms with Gasteiger partial charge in [-0.2, -0.15) is 4.31 Å². The smallest absolute Gasteiger partial charge is 0.235 e. The zero-order valence-corrected chi connectivity index (χ0v) is 12.6. The minimum absolute atomic E-state index is 0.185. The highest BCUT2D eigenvalue weighted by atomic mass is 32.2. The maximum atomic E-state index is 12.2. The van der Waals surface area contributed by atoms with E-state index in [1.54, 1.807) is 24.3 Å². The third kappa shape index (κ3) is 4.82. The number of amides is 1. The number of hydrogen-bond donors (Lipinski definition) is 2. The van der Waals surface area contributed by atoms with Crippen molar-refractivity contribution in [3.8, 4) is 0 Å². The molecule has 6 nitrogen and oxygen atoms in total. The number of nitrogen functional groups attached to an aromatic ring is 1. The van der Waals surface area contributed by atoms with Crippen LogP contribution >= 0.6 is 0 Å². The molecule has 0 radical (unpaired) electrons. The predicted molar refractivity (Wildman–Crippen MR) is 79.4 cm³/mol. The number of benzene rings is 1. The van der Waals surface area contributed by atoms with E-state index >= 15 is 0 Å². The number of para-hydroxylation sites is 1. The van der Waals surface area contributed by atoms with E-state index in [-0.39, 0.29) is 18.2 Å². The lowest BCUT2D eigenvalue weighted by atomic mass is 10.2. The van der Waals surface area contributed by atoms with Crippen LogP contribution in [-0.4, -0.2) is 38.8 Å². The first kappa shape index (κ1) is 16.5. The molecule has 0 aromatic heterocycles. The number of nitrogens with two attached hydrogens (primary N) is 1. The molecule has 3 N–H and O–H groups in total. The number of carbonyl (C=O) groups is 1. The maximum absolute atomic E-state index is 12.2. The molecule has 1 rings (SSSR count). The third-order valence-corrected chi connectivity index (χ3v) is 4.56. The molecule has 0 atom stereocenters. The van der Waals surface area contributed by atoms with E-state index in [2.05, 4.69) is 5.32 Å². The second-order valence-electron chi connectivity index (χ2n) is 4.56. The highest BCUT2D eigenvalue weighted by Crippen LogP contribution is 2.15. The minimum Gasteiger partial charge on any atom is -0.398 e. The van der Waals surface area contributed by atoms with Crippen molar-refractivity contribution in [2.75, 3.05) is 25.9 Å². The zero-order chi connectivity index (χ0) is 15.2. The van der Waals surface area contributed by atoms with Gasteiger partial charge in [0, 0.05) is 19.3 Å². The molecule has 0 heterocycles. The summed E-state index contributed by atoms with van der Waals surface area (Å²) >= 11 is 0. The number of carbonyl (C=O) groups excluding carboxylic acids is 1. The molecule has 20 heavy (non-hydrogen) atoms. The van der Waals surface area contributed by atoms with Gasteiger partial charge in [0.15, 0.2) is 0 Å². The molecular formula is C13H21N3O3S. The molecule has 0 aliphatic carbocycles. The summed E-state index contributed by atoms with van der Waals surface area (Å²) in [4.78, 5) is 11.5. The van der Waals surface area contributed by atoms with Gasteiger partial charge in [-0.1, -0.05) is 25.1 Å². The normalized spacial score (nSPS) is 11.6. The number of anilines is 1. The molecular weight excluding hydrogens is 278 g/mol. The monoisotopic (exact) mass is 299 g/mol. The quantitative estimate of drug-likeness (QED) is 0.719. The van der Waals surface area contributed by atoms with E-state index in [9.17, 15) is 13.2 Å². The van der Waals surface area contributed by atoms with Gasteiger partial charge in [0.05, 0.1) is 12.3 Å². The molecule has 7 heteroatoms. The average Bonchev–Trinajstić information content (AvgIpc) is 2.38. The summed E-state index contributed by atoms with van der Waals surface area (Å²) in [5.41, 5.74) is 6.70. The van der Waals surface area contributed by atoms with E-state index < -0.39 is 10.0 Å². The van der Waals surface area contributed by atoms with Crippen LogP contribution in [0.5, 0.6) is 0 Å². The summed E-state index contributed by atoms with van der Waals surface area (Å²) in [5.74, 6) is -0.518. The first-order valence-electron chi connectivity index (χ1n) is 6.41. The summed E-state index contributed by atoms with van der Waals surface area (Å²) in [6, 6.07) is 6.79. The number of hydrogen-bond acceptors (Lipinski definition) is 4. The van der Waals surface area contributed by atoms with Crippen LogP contribution in [0.15, 0.2) is 24.3 Å². The number of sulfonamides is 1. The topological polar surface area (TPSA) is 92.5 Å². The summed E-state index contributed by atoms with van der Waals surface area (Å²) in [6.07, 6.45) is 0.808. The van der Waals surface area contributed by atoms with Crippen molar-refractivity contribution in [2.45, 2.75) is 19.1 Å². The van der Waals surface area contributed by atoms with Crippen molar-refractivity contribution >= 4 is 21.6 Å². The number of likely N-dealkylation sites (N-methyl/N-ethyl adjacent to an activating group) is 1. The van der Waals surface area contributed by atoms with Crippen LogP contribution in [0.1, 0.15) is 18.9 Å². The molecule has 1 amide bonds. The van der Waals surface area contributed by atoms with Gasteiger partial charge in [-0.25, -0.2) is 8.42 Å². The van der Waals surface area contributed by atoms with Gasteiger partial charge in [0.25, 0.3) is 0 Å². The summed E-state index contributed by atoms with van der Waals surface area (Å²) in [5, 5.41) is 2.64. The Kier molecular flexibility index (Phi) is 5.97. The van der Waals surface area contributed by atoms with Gasteiger partial charge in [0.1, 0.15) is 0 Å². The molecule has 0 saturated heterocycles. The van der Waals surface area contributed by atoms with Crippen molar-refractivity contribution < 1.29 is 13.2 Å². The Morgan fingerprint density at radius 3 is 2.60 bits per heavy atom. The molecule has 112 valence electrons. The fourth-order valence-corrected chi connectivity index (χ4v) is 2.78. The van der Waals surface area contributed by atoms with Crippen molar-refractivity contribution in [3.05, 3.63) is 29.8 Å². The van der Waals surface area contributed by atoms with Crippen LogP contribution < -0.4 is 11.1 Å². The largest absolute Gasteiger partial charge is 0.398 e. The Balaban J connectivity index is 2.69. The van der Waals surface area contributed by atoms with Gasteiger partial charge in [0.2, 0.25) is 15.9 Å². The molecule has 0 fully saturated rings. The van der Waals surface area contributed by atoms with E-state index in [4.69, 9.17) is 5.73 Å². The molecule has 0 aliphatic rings. The van der Waals surface area contributed by atoms with Crippen LogP contribution in [0.4, 0.5) is 5.69 Å². The molecule has 1 aromatic carbocycles. The Hall–Kier alpha value is -1.60. The molecule has 0 unspecified atom stereocenters. The lowest BCUT2D eigenvalue weighted by Crippen LogP contribution is -2.39. The van der Waals surface area contributed by atoms with E-state index in [0.717, 1.165) is 10.7 Å². The molecule has 0 aliphatic heterocycles. The molecule has 0 spiro atoms. The van der Waals surface area contributed by atoms with Gasteiger partial charge < -0.3 is 11.1 Å². The molecule has 1 aromatic rings. The highest BCUT2D eigenvalue weighted by Gasteiger charge is 2.21. The van der Waals surface area contributed by atoms with E-state index in [0.29, 0.717) is 17.8 Å². The second-order valence-corrected chi connectivity index (χ2v) is 6.64. The Labute approximate surface area is 120 Å². The van der Waals surface area contributed by atoms with Crippen LogP contribution in [0.25, 0.3) is 0 Å². The minimum atomic E-state index is -3.56. The van der Waals surface area contributed by atoms with Crippen LogP contribution in [0, 0.1) is 0 Å². The van der Waals surface area contributed by atoms with E-state index in [1.807, 2.05) is 6.92 Å². The highest BCUT2D eigenvalue weighted by molar-refractivity contribution is 7.88. The number of nitrogens with one attached hydrogen (secondary N) is 1. The van der Waals surface area contributed by atoms with Crippen LogP contribution in [0.2, 0.25) is 0 Å². The van der Waals surface area contributed by atoms with Crippen molar-refractivity contribution in [1.29, 1.82) is 0 Å². The SMILES string of the molecule is CCCNC(=O)CN(C)S(=O)(=O)Cc1ccccc1N. The van der Waals surface area contributed by atoms with Gasteiger partial charge in [-0.05, 0) is 18.1 Å². The number of rotatable bonds is 7. The first-order valence-corrected chi connectivity index (χ1v) is 8.02. The number of nitrogens with zero attached hydrogens (tertiary/aromatic N) is 1. The van der Waals surface area contributed by atoms with Gasteiger partial charge in [-0.15, -0.1) is 0 Å². The average molecular weight is 299 g/mol. The van der Waals surface area contributed by atoms with Crippen LogP contribution in [-0.2, 0) is 20.6 Å². The fourth-order valence-electron chi connectivity index (χ4n) is 1.59. The van der Waals surface area contributed by atoms with Crippen molar-refractivity contribution in [3.63, 3.8) is 0 Å². The Morgan fingerprint density at radius 2 is 2.00 bits per heavy atom. The Morgan fingerprint density at radius 1 is 1.35 bits per heavy atom. The van der Waals surface area contributed by atoms with Crippen LogP contribution in [0.3, 0.4) is 0 Å². The standard InChI is InChI=1S/C13H21N3O3S/c1-3-8-15-13(17)9-16(2)20(18,19)10-11-6-4-5-7-12(11)14/h4-7H,3,8-10,14H2,1-2H3,(H,15,17). The van der Waals surface area contributed by atoms with Crippen molar-refractivity contribution in [1.82, 2.24) is 9.62 Å². The summed E-state index contributed by atoms with van der Waals surface area (Å²) in [7, 11) is -2.17. The first-order chi connectivity index (χ1) is 9.36.